The molecule has 1 amide bonds. The highest BCUT2D eigenvalue weighted by Crippen LogP contribution is 2.44. The van der Waals surface area contributed by atoms with E-state index >= 15 is 0 Å². The van der Waals surface area contributed by atoms with Gasteiger partial charge in [0.05, 0.1) is 12.2 Å². The maximum Gasteiger partial charge on any atom is 0.239 e. The molecule has 0 unspecified atom stereocenters. The minimum atomic E-state index is -0.323. The minimum Gasteiger partial charge on any atom is -0.374 e. The second-order valence-electron chi connectivity index (χ2n) is 5.60. The number of halogens is 1. The van der Waals surface area contributed by atoms with E-state index in [-0.39, 0.29) is 18.3 Å². The first-order valence-electron chi connectivity index (χ1n) is 7.02. The zero-order valence-electron chi connectivity index (χ0n) is 10.9. The molecule has 2 fully saturated rings. The molecule has 1 aromatic rings. The van der Waals surface area contributed by atoms with Gasteiger partial charge in [0.15, 0.2) is 0 Å². The van der Waals surface area contributed by atoms with Crippen LogP contribution in [0, 0.1) is 17.7 Å². The molecule has 0 heterocycles. The fourth-order valence-corrected chi connectivity index (χ4v) is 2.55. The van der Waals surface area contributed by atoms with Crippen molar-refractivity contribution < 1.29 is 9.18 Å². The summed E-state index contributed by atoms with van der Waals surface area (Å²) in [5.41, 5.74) is 0.382. The van der Waals surface area contributed by atoms with E-state index < -0.39 is 0 Å². The maximum absolute atomic E-state index is 13.4. The smallest absolute Gasteiger partial charge is 0.239 e. The van der Waals surface area contributed by atoms with Gasteiger partial charge in [-0.2, -0.15) is 0 Å². The summed E-state index contributed by atoms with van der Waals surface area (Å²) in [5, 5.41) is 5.96. The van der Waals surface area contributed by atoms with Crippen LogP contribution in [0.25, 0.3) is 0 Å². The first-order valence-corrected chi connectivity index (χ1v) is 7.02. The number of nitrogens with one attached hydrogen (secondary N) is 2. The number of carbonyl (C=O) groups is 1. The standard InChI is InChI=1S/C15H19FN2O/c16-12-3-1-2-4-13(12)17-9-14(19)18-15(10-5-6-10)11-7-8-11/h1-4,10-11,15,17H,5-9H2,(H,18,19). The van der Waals surface area contributed by atoms with Crippen LogP contribution in [0.5, 0.6) is 0 Å². The van der Waals surface area contributed by atoms with Gasteiger partial charge in [0.2, 0.25) is 5.91 Å². The van der Waals surface area contributed by atoms with Crippen molar-refractivity contribution in [2.75, 3.05) is 11.9 Å². The Morgan fingerprint density at radius 2 is 1.84 bits per heavy atom. The zero-order chi connectivity index (χ0) is 13.2. The number of para-hydroxylation sites is 1. The summed E-state index contributed by atoms with van der Waals surface area (Å²) in [7, 11) is 0. The third kappa shape index (κ3) is 3.25. The first kappa shape index (κ1) is 12.5. The van der Waals surface area contributed by atoms with Gasteiger partial charge < -0.3 is 10.6 Å². The van der Waals surface area contributed by atoms with Gasteiger partial charge in [-0.1, -0.05) is 12.1 Å². The monoisotopic (exact) mass is 262 g/mol. The Morgan fingerprint density at radius 3 is 2.42 bits per heavy atom. The number of hydrogen-bond acceptors (Lipinski definition) is 2. The molecular weight excluding hydrogens is 243 g/mol. The van der Waals surface area contributed by atoms with Gasteiger partial charge in [0.1, 0.15) is 5.82 Å². The Kier molecular flexibility index (Phi) is 3.40. The summed E-state index contributed by atoms with van der Waals surface area (Å²) in [6.07, 6.45) is 4.95. The van der Waals surface area contributed by atoms with Gasteiger partial charge in [-0.25, -0.2) is 4.39 Å². The number of benzene rings is 1. The van der Waals surface area contributed by atoms with E-state index in [0.29, 0.717) is 23.6 Å². The molecule has 3 nitrogen and oxygen atoms in total. The van der Waals surface area contributed by atoms with Crippen LogP contribution >= 0.6 is 0 Å². The molecule has 102 valence electrons. The molecule has 0 aromatic heterocycles. The van der Waals surface area contributed by atoms with Crippen molar-refractivity contribution in [2.45, 2.75) is 31.7 Å². The first-order chi connectivity index (χ1) is 9.24. The van der Waals surface area contributed by atoms with Gasteiger partial charge in [0, 0.05) is 6.04 Å². The van der Waals surface area contributed by atoms with Crippen LogP contribution in [-0.4, -0.2) is 18.5 Å². The topological polar surface area (TPSA) is 41.1 Å². The normalized spacial score (nSPS) is 18.4. The van der Waals surface area contributed by atoms with Crippen LogP contribution in [0.3, 0.4) is 0 Å². The Bertz CT molecular complexity index is 457. The zero-order valence-corrected chi connectivity index (χ0v) is 10.9. The van der Waals surface area contributed by atoms with Gasteiger partial charge in [-0.15, -0.1) is 0 Å². The van der Waals surface area contributed by atoms with Crippen molar-refractivity contribution in [3.05, 3.63) is 30.1 Å². The van der Waals surface area contributed by atoms with E-state index in [4.69, 9.17) is 0 Å². The molecule has 0 radical (unpaired) electrons. The quantitative estimate of drug-likeness (QED) is 0.827. The predicted molar refractivity (Wildman–Crippen MR) is 72.3 cm³/mol. The van der Waals surface area contributed by atoms with Crippen LogP contribution in [0.2, 0.25) is 0 Å². The fraction of sp³-hybridized carbons (Fsp3) is 0.533. The summed E-state index contributed by atoms with van der Waals surface area (Å²) >= 11 is 0. The number of anilines is 1. The van der Waals surface area contributed by atoms with E-state index in [9.17, 15) is 9.18 Å². The molecule has 0 aliphatic heterocycles. The van der Waals surface area contributed by atoms with E-state index in [1.807, 2.05) is 0 Å². The Labute approximate surface area is 112 Å². The molecule has 0 atom stereocenters. The average molecular weight is 262 g/mol. The lowest BCUT2D eigenvalue weighted by Crippen LogP contribution is -2.41. The van der Waals surface area contributed by atoms with Crippen LogP contribution in [0.1, 0.15) is 25.7 Å². The third-order valence-corrected chi connectivity index (χ3v) is 3.90. The largest absolute Gasteiger partial charge is 0.374 e. The minimum absolute atomic E-state index is 0.0351. The van der Waals surface area contributed by atoms with Crippen LogP contribution in [0.15, 0.2) is 24.3 Å². The van der Waals surface area contributed by atoms with Crippen LogP contribution in [0.4, 0.5) is 10.1 Å². The molecule has 0 spiro atoms. The summed E-state index contributed by atoms with van der Waals surface area (Å²) in [6, 6.07) is 6.77. The third-order valence-electron chi connectivity index (χ3n) is 3.90. The molecule has 0 saturated heterocycles. The SMILES string of the molecule is O=C(CNc1ccccc1F)NC(C1CC1)C1CC1. The lowest BCUT2D eigenvalue weighted by atomic mass is 10.1. The second kappa shape index (κ2) is 5.19. The van der Waals surface area contributed by atoms with Gasteiger partial charge in [-0.3, -0.25) is 4.79 Å². The number of carbonyl (C=O) groups excluding carboxylic acids is 1. The molecular formula is C15H19FN2O. The van der Waals surface area contributed by atoms with Crippen molar-refractivity contribution in [3.8, 4) is 0 Å². The molecule has 2 N–H and O–H groups in total. The van der Waals surface area contributed by atoms with E-state index in [2.05, 4.69) is 10.6 Å². The van der Waals surface area contributed by atoms with Gasteiger partial charge in [-0.05, 0) is 49.7 Å². The highest BCUT2D eigenvalue weighted by atomic mass is 19.1. The molecule has 1 aromatic carbocycles. The summed E-state index contributed by atoms with van der Waals surface area (Å²) in [4.78, 5) is 11.9. The molecule has 2 aliphatic rings. The average Bonchev–Trinajstić information content (AvgIpc) is 3.28. The molecule has 3 rings (SSSR count). The van der Waals surface area contributed by atoms with E-state index in [1.54, 1.807) is 18.2 Å². The lowest BCUT2D eigenvalue weighted by Gasteiger charge is -2.18. The van der Waals surface area contributed by atoms with Crippen molar-refractivity contribution in [2.24, 2.45) is 11.8 Å². The Balaban J connectivity index is 1.49. The number of hydrogen-bond donors (Lipinski definition) is 2. The Hall–Kier alpha value is -1.58. The number of amides is 1. The number of rotatable bonds is 6. The van der Waals surface area contributed by atoms with E-state index in [1.165, 1.54) is 31.7 Å². The lowest BCUT2D eigenvalue weighted by molar-refractivity contribution is -0.120. The van der Waals surface area contributed by atoms with Gasteiger partial charge in [0.25, 0.3) is 0 Å². The van der Waals surface area contributed by atoms with E-state index in [0.717, 1.165) is 0 Å². The highest BCUT2D eigenvalue weighted by Gasteiger charge is 2.42. The van der Waals surface area contributed by atoms with Crippen LogP contribution in [-0.2, 0) is 4.79 Å². The molecule has 4 heteroatoms. The molecule has 0 bridgehead atoms. The fourth-order valence-electron chi connectivity index (χ4n) is 2.55. The van der Waals surface area contributed by atoms with Crippen molar-refractivity contribution in [1.29, 1.82) is 0 Å². The Morgan fingerprint density at radius 1 is 1.21 bits per heavy atom. The van der Waals surface area contributed by atoms with Gasteiger partial charge >= 0.3 is 0 Å². The molecule has 19 heavy (non-hydrogen) atoms. The van der Waals surface area contributed by atoms with Crippen molar-refractivity contribution in [1.82, 2.24) is 5.32 Å². The maximum atomic E-state index is 13.4. The summed E-state index contributed by atoms with van der Waals surface area (Å²) in [5.74, 6) is 1.01. The second-order valence-corrected chi connectivity index (χ2v) is 5.60. The van der Waals surface area contributed by atoms with Crippen molar-refractivity contribution >= 4 is 11.6 Å². The summed E-state index contributed by atoms with van der Waals surface area (Å²) < 4.78 is 13.4. The molecule has 2 aliphatic carbocycles. The van der Waals surface area contributed by atoms with Crippen molar-refractivity contribution in [3.63, 3.8) is 0 Å². The summed E-state index contributed by atoms with van der Waals surface area (Å²) in [6.45, 7) is 0.136. The van der Waals surface area contributed by atoms with Crippen LogP contribution < -0.4 is 10.6 Å². The predicted octanol–water partition coefficient (Wildman–Crippen LogP) is 2.54. The highest BCUT2D eigenvalue weighted by molar-refractivity contribution is 5.81. The molecule has 2 saturated carbocycles.